The second kappa shape index (κ2) is 6.98. The van der Waals surface area contributed by atoms with Crippen LogP contribution in [-0.4, -0.2) is 22.9 Å². The highest BCUT2D eigenvalue weighted by Crippen LogP contribution is 2.23. The number of carbonyl (C=O) groups excluding carboxylic acids is 3. The Morgan fingerprint density at radius 1 is 1.04 bits per heavy atom. The lowest BCUT2D eigenvalue weighted by Gasteiger charge is -2.05. The maximum atomic E-state index is 12.1. The summed E-state index contributed by atoms with van der Waals surface area (Å²) in [7, 11) is 0. The summed E-state index contributed by atoms with van der Waals surface area (Å²) in [5.74, 6) is -1.17. The van der Waals surface area contributed by atoms with Crippen molar-refractivity contribution in [3.63, 3.8) is 0 Å². The Balaban J connectivity index is 1.64. The predicted molar refractivity (Wildman–Crippen MR) is 89.4 cm³/mol. The van der Waals surface area contributed by atoms with E-state index in [4.69, 9.17) is 5.21 Å². The maximum Gasteiger partial charge on any atom is 0.274 e. The third kappa shape index (κ3) is 3.56. The summed E-state index contributed by atoms with van der Waals surface area (Å²) in [6.07, 6.45) is 1.34. The molecule has 0 saturated heterocycles. The summed E-state index contributed by atoms with van der Waals surface area (Å²) >= 11 is 0. The van der Waals surface area contributed by atoms with Gasteiger partial charge >= 0.3 is 0 Å². The second-order valence-electron chi connectivity index (χ2n) is 5.41. The average Bonchev–Trinajstić information content (AvgIpc) is 2.96. The van der Waals surface area contributed by atoms with Crippen molar-refractivity contribution in [2.75, 3.05) is 0 Å². The van der Waals surface area contributed by atoms with Gasteiger partial charge in [0, 0.05) is 29.3 Å². The molecule has 0 atom stereocenters. The zero-order valence-corrected chi connectivity index (χ0v) is 13.1. The lowest BCUT2D eigenvalue weighted by molar-refractivity contribution is -0.116. The molecule has 3 amide bonds. The monoisotopic (exact) mass is 337 g/mol. The Morgan fingerprint density at radius 2 is 1.72 bits per heavy atom. The molecule has 0 spiro atoms. The normalized spacial score (nSPS) is 14.0. The van der Waals surface area contributed by atoms with Crippen LogP contribution < -0.4 is 16.1 Å². The minimum Gasteiger partial charge on any atom is -0.348 e. The quantitative estimate of drug-likeness (QED) is 0.382. The van der Waals surface area contributed by atoms with Crippen molar-refractivity contribution in [2.24, 2.45) is 0 Å². The molecule has 4 N–H and O–H groups in total. The molecule has 2 aromatic rings. The first-order valence-corrected chi connectivity index (χ1v) is 7.52. The number of hydroxylamine groups is 1. The van der Waals surface area contributed by atoms with Crippen molar-refractivity contribution in [2.45, 2.75) is 6.54 Å². The number of hydrogen-bond acceptors (Lipinski definition) is 4. The molecule has 1 aliphatic rings. The summed E-state index contributed by atoms with van der Waals surface area (Å²) in [4.78, 5) is 35.1. The van der Waals surface area contributed by atoms with Crippen molar-refractivity contribution in [3.8, 4) is 0 Å². The number of benzene rings is 2. The molecule has 25 heavy (non-hydrogen) atoms. The van der Waals surface area contributed by atoms with Gasteiger partial charge in [-0.3, -0.25) is 19.6 Å². The zero-order valence-electron chi connectivity index (χ0n) is 13.1. The third-order valence-corrected chi connectivity index (χ3v) is 3.77. The molecule has 0 unspecified atom stereocenters. The molecule has 0 fully saturated rings. The van der Waals surface area contributed by atoms with Gasteiger partial charge < -0.3 is 10.6 Å². The standard InChI is InChI=1S/C18H15N3O4/c22-16(9-15-13-3-1-2-4-14(13)18(24)20-15)19-10-11-5-7-12(8-6-11)17(23)21-25/h1-9,25H,10H2,(H,19,22)(H,20,24)(H,21,23)/b15-9-. The summed E-state index contributed by atoms with van der Waals surface area (Å²) in [6.45, 7) is 0.263. The van der Waals surface area contributed by atoms with Crippen LogP contribution in [0, 0.1) is 0 Å². The van der Waals surface area contributed by atoms with Gasteiger partial charge in [0.1, 0.15) is 0 Å². The highest BCUT2D eigenvalue weighted by molar-refractivity contribution is 6.12. The van der Waals surface area contributed by atoms with Crippen LogP contribution in [0.3, 0.4) is 0 Å². The average molecular weight is 337 g/mol. The number of rotatable bonds is 4. The first-order valence-electron chi connectivity index (χ1n) is 7.52. The van der Waals surface area contributed by atoms with Crippen molar-refractivity contribution >= 4 is 23.4 Å². The van der Waals surface area contributed by atoms with Crippen LogP contribution in [-0.2, 0) is 11.3 Å². The van der Waals surface area contributed by atoms with Crippen LogP contribution in [0.25, 0.3) is 5.70 Å². The van der Waals surface area contributed by atoms with E-state index in [-0.39, 0.29) is 18.4 Å². The van der Waals surface area contributed by atoms with Crippen LogP contribution in [0.2, 0.25) is 0 Å². The second-order valence-corrected chi connectivity index (χ2v) is 5.41. The van der Waals surface area contributed by atoms with E-state index >= 15 is 0 Å². The summed E-state index contributed by atoms with van der Waals surface area (Å²) in [5, 5.41) is 14.0. The molecule has 0 aliphatic carbocycles. The highest BCUT2D eigenvalue weighted by atomic mass is 16.5. The summed E-state index contributed by atoms with van der Waals surface area (Å²) in [5.41, 5.74) is 4.35. The van der Waals surface area contributed by atoms with Gasteiger partial charge in [0.15, 0.2) is 0 Å². The van der Waals surface area contributed by atoms with Crippen molar-refractivity contribution in [1.82, 2.24) is 16.1 Å². The first-order chi connectivity index (χ1) is 12.1. The number of fused-ring (bicyclic) bond motifs is 1. The minimum atomic E-state index is -0.601. The van der Waals surface area contributed by atoms with Gasteiger partial charge in [-0.2, -0.15) is 0 Å². The molecule has 7 nitrogen and oxygen atoms in total. The fourth-order valence-electron chi connectivity index (χ4n) is 2.50. The van der Waals surface area contributed by atoms with Crippen LogP contribution in [0.15, 0.2) is 54.6 Å². The number of carbonyl (C=O) groups is 3. The van der Waals surface area contributed by atoms with E-state index in [1.54, 1.807) is 54.0 Å². The van der Waals surface area contributed by atoms with Crippen LogP contribution in [0.4, 0.5) is 0 Å². The van der Waals surface area contributed by atoms with Crippen LogP contribution in [0.1, 0.15) is 31.8 Å². The lowest BCUT2D eigenvalue weighted by atomic mass is 10.1. The van der Waals surface area contributed by atoms with Gasteiger partial charge in [0.05, 0.1) is 5.70 Å². The van der Waals surface area contributed by atoms with Crippen LogP contribution >= 0.6 is 0 Å². The Kier molecular flexibility index (Phi) is 4.58. The van der Waals surface area contributed by atoms with E-state index < -0.39 is 5.91 Å². The molecule has 0 saturated carbocycles. The van der Waals surface area contributed by atoms with E-state index in [0.29, 0.717) is 22.4 Å². The fourth-order valence-corrected chi connectivity index (χ4v) is 2.50. The molecule has 0 aromatic heterocycles. The van der Waals surface area contributed by atoms with E-state index in [1.807, 2.05) is 0 Å². The van der Waals surface area contributed by atoms with E-state index in [1.165, 1.54) is 6.08 Å². The summed E-state index contributed by atoms with van der Waals surface area (Å²) in [6, 6.07) is 13.5. The number of hydrogen-bond donors (Lipinski definition) is 4. The molecular formula is C18H15N3O4. The molecule has 1 heterocycles. The Labute approximate surface area is 143 Å². The minimum absolute atomic E-state index is 0.229. The Morgan fingerprint density at radius 3 is 2.40 bits per heavy atom. The van der Waals surface area contributed by atoms with Gasteiger partial charge in [-0.25, -0.2) is 5.48 Å². The lowest BCUT2D eigenvalue weighted by Crippen LogP contribution is -2.22. The number of amides is 3. The Bertz CT molecular complexity index is 872. The van der Waals surface area contributed by atoms with E-state index in [0.717, 1.165) is 5.56 Å². The molecule has 3 rings (SSSR count). The first kappa shape index (κ1) is 16.4. The predicted octanol–water partition coefficient (Wildman–Crippen LogP) is 1.21. The molecular weight excluding hydrogens is 322 g/mol. The van der Waals surface area contributed by atoms with Gasteiger partial charge in [0.2, 0.25) is 5.91 Å². The molecule has 126 valence electrons. The van der Waals surface area contributed by atoms with E-state index in [9.17, 15) is 14.4 Å². The van der Waals surface area contributed by atoms with Gasteiger partial charge in [-0.15, -0.1) is 0 Å². The van der Waals surface area contributed by atoms with Crippen molar-refractivity contribution < 1.29 is 19.6 Å². The highest BCUT2D eigenvalue weighted by Gasteiger charge is 2.23. The van der Waals surface area contributed by atoms with Gasteiger partial charge in [0.25, 0.3) is 11.8 Å². The molecule has 0 radical (unpaired) electrons. The van der Waals surface area contributed by atoms with Crippen molar-refractivity contribution in [1.29, 1.82) is 0 Å². The third-order valence-electron chi connectivity index (χ3n) is 3.77. The van der Waals surface area contributed by atoms with Crippen molar-refractivity contribution in [3.05, 3.63) is 76.9 Å². The Hall–Kier alpha value is -3.45. The fraction of sp³-hybridized carbons (Fsp3) is 0.0556. The topological polar surface area (TPSA) is 108 Å². The smallest absolute Gasteiger partial charge is 0.274 e. The maximum absolute atomic E-state index is 12.1. The number of nitrogens with one attached hydrogen (secondary N) is 3. The van der Waals surface area contributed by atoms with Gasteiger partial charge in [-0.05, 0) is 23.8 Å². The molecule has 7 heteroatoms. The molecule has 2 aromatic carbocycles. The molecule has 1 aliphatic heterocycles. The summed E-state index contributed by atoms with van der Waals surface area (Å²) < 4.78 is 0. The zero-order chi connectivity index (χ0) is 17.8. The largest absolute Gasteiger partial charge is 0.348 e. The van der Waals surface area contributed by atoms with Gasteiger partial charge in [-0.1, -0.05) is 30.3 Å². The SMILES string of the molecule is O=C(/C=C1\NC(=O)c2ccccc21)NCc1ccc(C(=O)NO)cc1. The van der Waals surface area contributed by atoms with E-state index in [2.05, 4.69) is 10.6 Å². The molecule has 0 bridgehead atoms. The van der Waals surface area contributed by atoms with Crippen LogP contribution in [0.5, 0.6) is 0 Å².